The average Bonchev–Trinajstić information content (AvgIpc) is 2.60. The Bertz CT molecular complexity index is 884. The van der Waals surface area contributed by atoms with Gasteiger partial charge in [-0.1, -0.05) is 45.0 Å². The summed E-state index contributed by atoms with van der Waals surface area (Å²) in [5.41, 5.74) is 5.60. The van der Waals surface area contributed by atoms with Gasteiger partial charge in [0.25, 0.3) is 5.56 Å². The third-order valence-corrected chi connectivity index (χ3v) is 4.38. The van der Waals surface area contributed by atoms with E-state index in [2.05, 4.69) is 37.9 Å². The molecule has 23 heavy (non-hydrogen) atoms. The Balaban J connectivity index is 2.31. The second-order valence-electron chi connectivity index (χ2n) is 5.78. The zero-order valence-corrected chi connectivity index (χ0v) is 13.9. The van der Waals surface area contributed by atoms with E-state index < -0.39 is 0 Å². The number of hydrogen-bond acceptors (Lipinski definition) is 2. The molecule has 2 aromatic carbocycles. The van der Waals surface area contributed by atoms with E-state index in [1.165, 1.54) is 16.7 Å². The number of aromatic nitrogens is 2. The van der Waals surface area contributed by atoms with E-state index in [0.29, 0.717) is 11.2 Å². The van der Waals surface area contributed by atoms with Crippen molar-refractivity contribution >= 4 is 10.9 Å². The largest absolute Gasteiger partial charge is 0.306 e. The lowest BCUT2D eigenvalue weighted by molar-refractivity contribution is 1.03. The summed E-state index contributed by atoms with van der Waals surface area (Å²) in [5.74, 6) is 0.685. The molecule has 0 amide bonds. The number of para-hydroxylation sites is 1. The van der Waals surface area contributed by atoms with Gasteiger partial charge < -0.3 is 4.98 Å². The molecule has 0 bridgehead atoms. The molecular weight excluding hydrogens is 284 g/mol. The predicted molar refractivity (Wildman–Crippen MR) is 95.9 cm³/mol. The molecule has 0 saturated heterocycles. The summed E-state index contributed by atoms with van der Waals surface area (Å²) in [5, 5.41) is 0.637. The van der Waals surface area contributed by atoms with Crippen LogP contribution in [-0.4, -0.2) is 9.97 Å². The van der Waals surface area contributed by atoms with E-state index >= 15 is 0 Å². The van der Waals surface area contributed by atoms with Crippen LogP contribution in [0.25, 0.3) is 22.3 Å². The molecule has 0 fully saturated rings. The van der Waals surface area contributed by atoms with Crippen molar-refractivity contribution in [2.24, 2.45) is 0 Å². The molecule has 1 aromatic heterocycles. The van der Waals surface area contributed by atoms with E-state index in [4.69, 9.17) is 4.98 Å². The number of benzene rings is 2. The van der Waals surface area contributed by atoms with E-state index in [1.54, 1.807) is 0 Å². The van der Waals surface area contributed by atoms with Crippen LogP contribution in [0.1, 0.15) is 37.5 Å². The van der Waals surface area contributed by atoms with Gasteiger partial charge in [-0.3, -0.25) is 4.79 Å². The second kappa shape index (κ2) is 6.37. The molecule has 0 aliphatic carbocycles. The minimum absolute atomic E-state index is 0.0747. The molecule has 0 spiro atoms. The zero-order valence-electron chi connectivity index (χ0n) is 13.9. The highest BCUT2D eigenvalue weighted by molar-refractivity contribution is 5.80. The summed E-state index contributed by atoms with van der Waals surface area (Å²) in [6, 6.07) is 12.0. The first-order chi connectivity index (χ1) is 11.2. The van der Waals surface area contributed by atoms with Crippen LogP contribution < -0.4 is 5.56 Å². The predicted octanol–water partition coefficient (Wildman–Crippen LogP) is 4.28. The Morgan fingerprint density at radius 1 is 0.957 bits per heavy atom. The van der Waals surface area contributed by atoms with Crippen LogP contribution in [0.4, 0.5) is 0 Å². The molecule has 1 N–H and O–H groups in total. The summed E-state index contributed by atoms with van der Waals surface area (Å²) in [4.78, 5) is 20.1. The highest BCUT2D eigenvalue weighted by atomic mass is 16.1. The monoisotopic (exact) mass is 306 g/mol. The van der Waals surface area contributed by atoms with Gasteiger partial charge >= 0.3 is 0 Å². The summed E-state index contributed by atoms with van der Waals surface area (Å²) < 4.78 is 0. The third-order valence-electron chi connectivity index (χ3n) is 4.38. The minimum atomic E-state index is -0.0747. The molecule has 0 unspecified atom stereocenters. The van der Waals surface area contributed by atoms with Crippen molar-refractivity contribution in [1.82, 2.24) is 9.97 Å². The second-order valence-corrected chi connectivity index (χ2v) is 5.78. The number of nitrogens with zero attached hydrogens (tertiary/aromatic N) is 1. The SMILES string of the molecule is CCc1cc(CC)c(-c2nc3ccccc3c(=O)[nH]2)c(CC)c1. The minimum Gasteiger partial charge on any atom is -0.306 e. The maximum Gasteiger partial charge on any atom is 0.259 e. The van der Waals surface area contributed by atoms with E-state index in [1.807, 2.05) is 24.3 Å². The fourth-order valence-electron chi connectivity index (χ4n) is 3.11. The lowest BCUT2D eigenvalue weighted by Gasteiger charge is -2.15. The van der Waals surface area contributed by atoms with Gasteiger partial charge in [-0.05, 0) is 48.1 Å². The number of rotatable bonds is 4. The van der Waals surface area contributed by atoms with Gasteiger partial charge in [-0.2, -0.15) is 0 Å². The first kappa shape index (κ1) is 15.5. The average molecular weight is 306 g/mol. The number of aryl methyl sites for hydroxylation is 3. The van der Waals surface area contributed by atoms with Crippen molar-refractivity contribution in [2.45, 2.75) is 40.0 Å². The van der Waals surface area contributed by atoms with Crippen molar-refractivity contribution in [2.75, 3.05) is 0 Å². The van der Waals surface area contributed by atoms with Crippen LogP contribution in [0.2, 0.25) is 0 Å². The number of H-pyrrole nitrogens is 1. The fourth-order valence-corrected chi connectivity index (χ4v) is 3.11. The Morgan fingerprint density at radius 3 is 2.22 bits per heavy atom. The maximum atomic E-state index is 12.4. The maximum absolute atomic E-state index is 12.4. The molecular formula is C20H22N2O. The number of nitrogens with one attached hydrogen (secondary N) is 1. The topological polar surface area (TPSA) is 45.8 Å². The quantitative estimate of drug-likeness (QED) is 0.782. The van der Waals surface area contributed by atoms with Crippen LogP contribution in [-0.2, 0) is 19.3 Å². The van der Waals surface area contributed by atoms with E-state index in [9.17, 15) is 4.79 Å². The molecule has 0 aliphatic rings. The van der Waals surface area contributed by atoms with Crippen molar-refractivity contribution in [3.05, 3.63) is 63.4 Å². The Kier molecular flexibility index (Phi) is 4.28. The van der Waals surface area contributed by atoms with Crippen molar-refractivity contribution in [1.29, 1.82) is 0 Å². The molecule has 3 heteroatoms. The number of aromatic amines is 1. The first-order valence-corrected chi connectivity index (χ1v) is 8.32. The normalized spacial score (nSPS) is 11.1. The van der Waals surface area contributed by atoms with Crippen molar-refractivity contribution in [3.63, 3.8) is 0 Å². The summed E-state index contributed by atoms with van der Waals surface area (Å²) in [6.45, 7) is 6.47. The molecule has 118 valence electrons. The van der Waals surface area contributed by atoms with Crippen LogP contribution in [0.15, 0.2) is 41.2 Å². The zero-order chi connectivity index (χ0) is 16.4. The lowest BCUT2D eigenvalue weighted by atomic mass is 9.93. The standard InChI is InChI=1S/C20H22N2O/c1-4-13-11-14(5-2)18(15(6-3)12-13)19-21-17-10-8-7-9-16(17)20(23)22-19/h7-12H,4-6H2,1-3H3,(H,21,22,23). The summed E-state index contributed by atoms with van der Waals surface area (Å²) >= 11 is 0. The molecule has 3 nitrogen and oxygen atoms in total. The molecule has 0 saturated carbocycles. The summed E-state index contributed by atoms with van der Waals surface area (Å²) in [7, 11) is 0. The van der Waals surface area contributed by atoms with E-state index in [0.717, 1.165) is 30.3 Å². The van der Waals surface area contributed by atoms with Crippen molar-refractivity contribution in [3.8, 4) is 11.4 Å². The van der Waals surface area contributed by atoms with Gasteiger partial charge in [0.1, 0.15) is 5.82 Å². The highest BCUT2D eigenvalue weighted by Crippen LogP contribution is 2.28. The first-order valence-electron chi connectivity index (χ1n) is 8.32. The van der Waals surface area contributed by atoms with Gasteiger partial charge in [-0.25, -0.2) is 4.98 Å². The number of hydrogen-bond donors (Lipinski definition) is 1. The van der Waals surface area contributed by atoms with Crippen LogP contribution >= 0.6 is 0 Å². The molecule has 0 atom stereocenters. The third kappa shape index (κ3) is 2.79. The van der Waals surface area contributed by atoms with E-state index in [-0.39, 0.29) is 5.56 Å². The summed E-state index contributed by atoms with van der Waals surface area (Å²) in [6.07, 6.45) is 2.86. The van der Waals surface area contributed by atoms with Crippen LogP contribution in [0, 0.1) is 0 Å². The molecule has 1 heterocycles. The van der Waals surface area contributed by atoms with Gasteiger partial charge in [0, 0.05) is 5.56 Å². The molecule has 3 rings (SSSR count). The van der Waals surface area contributed by atoms with Crippen LogP contribution in [0.3, 0.4) is 0 Å². The van der Waals surface area contributed by atoms with Gasteiger partial charge in [0.15, 0.2) is 0 Å². The molecule has 0 aliphatic heterocycles. The smallest absolute Gasteiger partial charge is 0.259 e. The Labute approximate surface area is 136 Å². The molecule has 0 radical (unpaired) electrons. The van der Waals surface area contributed by atoms with Gasteiger partial charge in [0.2, 0.25) is 0 Å². The Morgan fingerprint density at radius 2 is 1.61 bits per heavy atom. The van der Waals surface area contributed by atoms with Crippen molar-refractivity contribution < 1.29 is 0 Å². The van der Waals surface area contributed by atoms with Gasteiger partial charge in [-0.15, -0.1) is 0 Å². The number of fused-ring (bicyclic) bond motifs is 1. The van der Waals surface area contributed by atoms with Gasteiger partial charge in [0.05, 0.1) is 10.9 Å². The lowest BCUT2D eigenvalue weighted by Crippen LogP contribution is -2.11. The fraction of sp³-hybridized carbons (Fsp3) is 0.300. The van der Waals surface area contributed by atoms with Crippen LogP contribution in [0.5, 0.6) is 0 Å². The Hall–Kier alpha value is -2.42. The highest BCUT2D eigenvalue weighted by Gasteiger charge is 2.14. The molecule has 3 aromatic rings.